The lowest BCUT2D eigenvalue weighted by Crippen LogP contribution is -2.18. The standard InChI is InChI=1S/C10H10N6O2S/c17-4-2-1-3-8-5-11-10(19-8)13-9(18)6-16-7-12-14-15-16/h5,7,17H,2,4,6H2,(H,11,13,18). The second kappa shape index (κ2) is 6.58. The number of carbonyl (C=O) groups is 1. The lowest BCUT2D eigenvalue weighted by atomic mass is 10.4. The van der Waals surface area contributed by atoms with Crippen molar-refractivity contribution in [3.05, 3.63) is 17.4 Å². The molecule has 0 unspecified atom stereocenters. The van der Waals surface area contributed by atoms with Crippen LogP contribution < -0.4 is 5.32 Å². The number of aromatic nitrogens is 5. The van der Waals surface area contributed by atoms with Crippen LogP contribution in [0.2, 0.25) is 0 Å². The molecule has 19 heavy (non-hydrogen) atoms. The summed E-state index contributed by atoms with van der Waals surface area (Å²) in [6.45, 7) is 0.0550. The van der Waals surface area contributed by atoms with Gasteiger partial charge in [-0.1, -0.05) is 23.2 Å². The van der Waals surface area contributed by atoms with Gasteiger partial charge in [-0.05, 0) is 10.4 Å². The first-order valence-electron chi connectivity index (χ1n) is 5.34. The van der Waals surface area contributed by atoms with Gasteiger partial charge in [0, 0.05) is 6.42 Å². The Hall–Kier alpha value is -2.31. The van der Waals surface area contributed by atoms with Crippen molar-refractivity contribution in [1.29, 1.82) is 0 Å². The van der Waals surface area contributed by atoms with Crippen molar-refractivity contribution < 1.29 is 9.90 Å². The maximum Gasteiger partial charge on any atom is 0.248 e. The molecule has 8 nitrogen and oxygen atoms in total. The smallest absolute Gasteiger partial charge is 0.248 e. The van der Waals surface area contributed by atoms with Gasteiger partial charge in [-0.25, -0.2) is 9.67 Å². The number of thiazole rings is 1. The number of amides is 1. The molecule has 0 atom stereocenters. The van der Waals surface area contributed by atoms with Crippen LogP contribution in [0, 0.1) is 11.8 Å². The van der Waals surface area contributed by atoms with E-state index < -0.39 is 0 Å². The van der Waals surface area contributed by atoms with Gasteiger partial charge >= 0.3 is 0 Å². The molecule has 0 saturated heterocycles. The second-order valence-corrected chi connectivity index (χ2v) is 4.39. The van der Waals surface area contributed by atoms with Crippen LogP contribution in [0.5, 0.6) is 0 Å². The van der Waals surface area contributed by atoms with E-state index in [1.54, 1.807) is 6.20 Å². The molecule has 98 valence electrons. The van der Waals surface area contributed by atoms with Crippen LogP contribution in [0.3, 0.4) is 0 Å². The van der Waals surface area contributed by atoms with E-state index in [0.29, 0.717) is 11.6 Å². The highest BCUT2D eigenvalue weighted by molar-refractivity contribution is 7.16. The molecule has 0 aromatic carbocycles. The summed E-state index contributed by atoms with van der Waals surface area (Å²) in [5, 5.41) is 22.1. The molecule has 0 radical (unpaired) electrons. The van der Waals surface area contributed by atoms with Gasteiger partial charge in [0.1, 0.15) is 12.9 Å². The van der Waals surface area contributed by atoms with Crippen LogP contribution in [0.15, 0.2) is 12.5 Å². The number of aliphatic hydroxyl groups excluding tert-OH is 1. The molecule has 0 aliphatic rings. The van der Waals surface area contributed by atoms with E-state index in [2.05, 4.69) is 37.7 Å². The SMILES string of the molecule is O=C(Cn1cnnn1)Nc1ncc(C#CCCO)s1. The zero-order chi connectivity index (χ0) is 13.5. The molecule has 2 heterocycles. The zero-order valence-electron chi connectivity index (χ0n) is 9.78. The normalized spacial score (nSPS) is 9.74. The predicted octanol–water partition coefficient (Wildman–Crippen LogP) is -0.498. The Morgan fingerprint density at radius 1 is 1.58 bits per heavy atom. The van der Waals surface area contributed by atoms with Crippen LogP contribution in [0.4, 0.5) is 5.13 Å². The quantitative estimate of drug-likeness (QED) is 0.730. The number of anilines is 1. The molecule has 0 fully saturated rings. The van der Waals surface area contributed by atoms with E-state index in [9.17, 15) is 4.79 Å². The van der Waals surface area contributed by atoms with Crippen molar-refractivity contribution in [3.63, 3.8) is 0 Å². The van der Waals surface area contributed by atoms with Crippen molar-refractivity contribution >= 4 is 22.4 Å². The summed E-state index contributed by atoms with van der Waals surface area (Å²) in [4.78, 5) is 16.4. The number of nitrogens with one attached hydrogen (secondary N) is 1. The van der Waals surface area contributed by atoms with Gasteiger partial charge in [-0.3, -0.25) is 4.79 Å². The van der Waals surface area contributed by atoms with Crippen LogP contribution in [0.1, 0.15) is 11.3 Å². The second-order valence-electron chi connectivity index (χ2n) is 3.36. The molecule has 2 aromatic heterocycles. The summed E-state index contributed by atoms with van der Waals surface area (Å²) >= 11 is 1.27. The Morgan fingerprint density at radius 2 is 2.47 bits per heavy atom. The fraction of sp³-hybridized carbons (Fsp3) is 0.300. The largest absolute Gasteiger partial charge is 0.395 e. The van der Waals surface area contributed by atoms with Crippen LogP contribution in [0.25, 0.3) is 0 Å². The zero-order valence-corrected chi connectivity index (χ0v) is 10.6. The van der Waals surface area contributed by atoms with Crippen molar-refractivity contribution in [1.82, 2.24) is 25.2 Å². The van der Waals surface area contributed by atoms with E-state index >= 15 is 0 Å². The average Bonchev–Trinajstić information content (AvgIpc) is 3.02. The average molecular weight is 278 g/mol. The molecule has 0 spiro atoms. The van der Waals surface area contributed by atoms with E-state index in [0.717, 1.165) is 4.88 Å². The van der Waals surface area contributed by atoms with Crippen molar-refractivity contribution in [2.75, 3.05) is 11.9 Å². The van der Waals surface area contributed by atoms with Crippen LogP contribution in [-0.4, -0.2) is 42.8 Å². The van der Waals surface area contributed by atoms with E-state index in [1.165, 1.54) is 22.3 Å². The molecule has 2 rings (SSSR count). The summed E-state index contributed by atoms with van der Waals surface area (Å²) in [5.41, 5.74) is 0. The summed E-state index contributed by atoms with van der Waals surface area (Å²) in [5.74, 6) is 5.36. The van der Waals surface area contributed by atoms with Gasteiger partial charge < -0.3 is 10.4 Å². The van der Waals surface area contributed by atoms with Crippen molar-refractivity contribution in [3.8, 4) is 11.8 Å². The lowest BCUT2D eigenvalue weighted by Gasteiger charge is -1.99. The third kappa shape index (κ3) is 4.13. The van der Waals surface area contributed by atoms with Gasteiger partial charge in [0.05, 0.1) is 17.7 Å². The fourth-order valence-electron chi connectivity index (χ4n) is 1.15. The summed E-state index contributed by atoms with van der Waals surface area (Å²) < 4.78 is 1.31. The number of carbonyl (C=O) groups excluding carboxylic acids is 1. The first kappa shape index (κ1) is 13.1. The Bertz CT molecular complexity index is 597. The molecule has 0 saturated carbocycles. The minimum absolute atomic E-state index is 0.0259. The molecular weight excluding hydrogens is 268 g/mol. The van der Waals surface area contributed by atoms with Gasteiger partial charge in [0.15, 0.2) is 5.13 Å². The van der Waals surface area contributed by atoms with E-state index in [4.69, 9.17) is 5.11 Å². The molecule has 9 heteroatoms. The highest BCUT2D eigenvalue weighted by Crippen LogP contribution is 2.16. The first-order valence-corrected chi connectivity index (χ1v) is 6.16. The monoisotopic (exact) mass is 278 g/mol. The molecule has 0 aliphatic carbocycles. The maximum atomic E-state index is 11.6. The third-order valence-corrected chi connectivity index (χ3v) is 2.73. The van der Waals surface area contributed by atoms with E-state index in [1.807, 2.05) is 0 Å². The van der Waals surface area contributed by atoms with Gasteiger partial charge in [-0.15, -0.1) is 5.10 Å². The van der Waals surface area contributed by atoms with Gasteiger partial charge in [-0.2, -0.15) is 0 Å². The molecule has 2 N–H and O–H groups in total. The molecule has 2 aromatic rings. The number of rotatable bonds is 4. The number of hydrogen-bond acceptors (Lipinski definition) is 7. The maximum absolute atomic E-state index is 11.6. The summed E-state index contributed by atoms with van der Waals surface area (Å²) in [7, 11) is 0. The number of tetrazole rings is 1. The van der Waals surface area contributed by atoms with Crippen molar-refractivity contribution in [2.24, 2.45) is 0 Å². The van der Waals surface area contributed by atoms with Gasteiger partial charge in [0.2, 0.25) is 5.91 Å². The molecule has 0 bridgehead atoms. The predicted molar refractivity (Wildman–Crippen MR) is 67.1 cm³/mol. The first-order chi connectivity index (χ1) is 9.28. The Labute approximate surface area is 112 Å². The third-order valence-electron chi connectivity index (χ3n) is 1.90. The number of aliphatic hydroxyl groups is 1. The summed E-state index contributed by atoms with van der Waals surface area (Å²) in [6, 6.07) is 0. The van der Waals surface area contributed by atoms with Crippen LogP contribution in [-0.2, 0) is 11.3 Å². The highest BCUT2D eigenvalue weighted by atomic mass is 32.1. The topological polar surface area (TPSA) is 106 Å². The molecule has 1 amide bonds. The van der Waals surface area contributed by atoms with Gasteiger partial charge in [0.25, 0.3) is 0 Å². The Kier molecular flexibility index (Phi) is 4.54. The lowest BCUT2D eigenvalue weighted by molar-refractivity contribution is -0.116. The fourth-order valence-corrected chi connectivity index (χ4v) is 1.86. The minimum Gasteiger partial charge on any atom is -0.395 e. The Morgan fingerprint density at radius 3 is 3.21 bits per heavy atom. The number of nitrogens with zero attached hydrogens (tertiary/aromatic N) is 5. The summed E-state index contributed by atoms with van der Waals surface area (Å²) in [6.07, 6.45) is 3.34. The number of hydrogen-bond donors (Lipinski definition) is 2. The molecule has 0 aliphatic heterocycles. The highest BCUT2D eigenvalue weighted by Gasteiger charge is 2.07. The van der Waals surface area contributed by atoms with Crippen molar-refractivity contribution in [2.45, 2.75) is 13.0 Å². The minimum atomic E-state index is -0.267. The Balaban J connectivity index is 1.89. The molecular formula is C10H10N6O2S. The van der Waals surface area contributed by atoms with E-state index in [-0.39, 0.29) is 19.1 Å². The van der Waals surface area contributed by atoms with Crippen LogP contribution >= 0.6 is 11.3 Å².